The molecule has 0 aromatic heterocycles. The minimum absolute atomic E-state index is 0.103. The maximum atomic E-state index is 13.5. The monoisotopic (exact) mass is 286 g/mol. The van der Waals surface area contributed by atoms with Crippen molar-refractivity contribution in [2.24, 2.45) is 11.5 Å². The molecule has 4 N–H and O–H groups in total. The van der Waals surface area contributed by atoms with Crippen LogP contribution in [0.3, 0.4) is 0 Å². The zero-order valence-corrected chi connectivity index (χ0v) is 10.5. The minimum atomic E-state index is -4.71. The molecule has 0 radical (unpaired) electrons. The van der Waals surface area contributed by atoms with Crippen LogP contribution in [0, 0.1) is 0 Å². The number of halogens is 4. The van der Waals surface area contributed by atoms with Crippen LogP contribution >= 0.6 is 0 Å². The Bertz CT molecular complexity index is 545. The van der Waals surface area contributed by atoms with Gasteiger partial charge in [-0.25, -0.2) is 4.39 Å². The highest BCUT2D eigenvalue weighted by Crippen LogP contribution is 2.47. The Labute approximate surface area is 113 Å². The van der Waals surface area contributed by atoms with Crippen LogP contribution in [0.25, 0.3) is 0 Å². The number of allylic oxidation sites excluding steroid dienone is 2. The van der Waals surface area contributed by atoms with Crippen LogP contribution < -0.4 is 11.5 Å². The predicted molar refractivity (Wildman–Crippen MR) is 68.4 cm³/mol. The molecule has 0 spiro atoms. The average molecular weight is 286 g/mol. The van der Waals surface area contributed by atoms with Gasteiger partial charge in [0.2, 0.25) is 0 Å². The lowest BCUT2D eigenvalue weighted by molar-refractivity contribution is -0.179. The fraction of sp³-hybridized carbons (Fsp3) is 0.286. The van der Waals surface area contributed by atoms with Crippen molar-refractivity contribution >= 4 is 0 Å². The van der Waals surface area contributed by atoms with E-state index in [4.69, 9.17) is 11.5 Å². The lowest BCUT2D eigenvalue weighted by atomic mass is 9.71. The van der Waals surface area contributed by atoms with Gasteiger partial charge in [-0.3, -0.25) is 0 Å². The van der Waals surface area contributed by atoms with Gasteiger partial charge < -0.3 is 11.5 Å². The first kappa shape index (κ1) is 14.7. The second-order valence-corrected chi connectivity index (χ2v) is 4.68. The Balaban J connectivity index is 2.61. The molecule has 1 aliphatic carbocycles. The van der Waals surface area contributed by atoms with Crippen LogP contribution in [0.2, 0.25) is 0 Å². The van der Waals surface area contributed by atoms with E-state index in [1.54, 1.807) is 0 Å². The molecule has 1 aromatic carbocycles. The largest absolute Gasteiger partial charge is 0.403 e. The summed E-state index contributed by atoms with van der Waals surface area (Å²) in [4.78, 5) is 0. The van der Waals surface area contributed by atoms with Crippen LogP contribution in [0.15, 0.2) is 48.3 Å². The number of rotatable bonds is 2. The highest BCUT2D eigenvalue weighted by molar-refractivity contribution is 5.44. The second-order valence-electron chi connectivity index (χ2n) is 4.68. The second kappa shape index (κ2) is 5.03. The molecule has 0 saturated heterocycles. The number of nitrogens with two attached hydrogens (primary N) is 2. The predicted octanol–water partition coefficient (Wildman–Crippen LogP) is 2.70. The molecule has 0 bridgehead atoms. The third-order valence-electron chi connectivity index (χ3n) is 3.49. The quantitative estimate of drug-likeness (QED) is 0.821. The molecule has 20 heavy (non-hydrogen) atoms. The van der Waals surface area contributed by atoms with E-state index in [0.29, 0.717) is 11.6 Å². The minimum Gasteiger partial charge on any atom is -0.326 e. The molecule has 1 aliphatic rings. The van der Waals surface area contributed by atoms with Crippen molar-refractivity contribution in [3.05, 3.63) is 59.4 Å². The van der Waals surface area contributed by atoms with Gasteiger partial charge in [-0.2, -0.15) is 13.2 Å². The average Bonchev–Trinajstić information content (AvgIpc) is 2.40. The molecule has 108 valence electrons. The summed E-state index contributed by atoms with van der Waals surface area (Å²) in [5.41, 5.74) is 9.07. The number of hydrogen-bond acceptors (Lipinski definition) is 2. The molecular formula is C14H14F4N2. The van der Waals surface area contributed by atoms with Gasteiger partial charge in [0.25, 0.3) is 0 Å². The number of hydrogen-bond donors (Lipinski definition) is 2. The van der Waals surface area contributed by atoms with Gasteiger partial charge in [0.15, 0.2) is 0 Å². The van der Waals surface area contributed by atoms with Crippen molar-refractivity contribution in [1.82, 2.24) is 0 Å². The molecule has 1 aromatic rings. The molecule has 2 atom stereocenters. The van der Waals surface area contributed by atoms with E-state index in [2.05, 4.69) is 0 Å². The third kappa shape index (κ3) is 2.25. The summed E-state index contributed by atoms with van der Waals surface area (Å²) < 4.78 is 54.0. The Morgan fingerprint density at radius 2 is 1.75 bits per heavy atom. The molecule has 6 heteroatoms. The maximum Gasteiger partial charge on any atom is 0.403 e. The Kier molecular flexibility index (Phi) is 3.71. The summed E-state index contributed by atoms with van der Waals surface area (Å²) in [5.74, 6) is -0.952. The van der Waals surface area contributed by atoms with E-state index in [9.17, 15) is 17.6 Å². The van der Waals surface area contributed by atoms with Gasteiger partial charge >= 0.3 is 6.18 Å². The Morgan fingerprint density at radius 1 is 1.15 bits per heavy atom. The molecule has 0 saturated carbocycles. The number of alkyl halides is 3. The molecule has 2 nitrogen and oxygen atoms in total. The van der Waals surface area contributed by atoms with Crippen molar-refractivity contribution in [3.8, 4) is 0 Å². The first-order valence-electron chi connectivity index (χ1n) is 5.99. The maximum absolute atomic E-state index is 13.5. The van der Waals surface area contributed by atoms with E-state index in [0.717, 1.165) is 12.2 Å². The fourth-order valence-corrected chi connectivity index (χ4v) is 2.34. The molecule has 0 amide bonds. The van der Waals surface area contributed by atoms with Crippen LogP contribution in [-0.2, 0) is 12.0 Å². The zero-order valence-electron chi connectivity index (χ0n) is 10.5. The van der Waals surface area contributed by atoms with E-state index < -0.39 is 23.5 Å². The third-order valence-corrected chi connectivity index (χ3v) is 3.49. The first-order chi connectivity index (χ1) is 9.31. The van der Waals surface area contributed by atoms with Crippen molar-refractivity contribution in [3.63, 3.8) is 0 Å². The molecule has 2 unspecified atom stereocenters. The normalized spacial score (nSPS) is 26.5. The van der Waals surface area contributed by atoms with Crippen LogP contribution in [0.1, 0.15) is 11.1 Å². The van der Waals surface area contributed by atoms with Crippen LogP contribution in [0.5, 0.6) is 0 Å². The Morgan fingerprint density at radius 3 is 2.25 bits per heavy atom. The van der Waals surface area contributed by atoms with Crippen molar-refractivity contribution in [2.45, 2.75) is 24.2 Å². The Hall–Kier alpha value is -1.66. The topological polar surface area (TPSA) is 52.0 Å². The zero-order chi connectivity index (χ0) is 15.0. The van der Waals surface area contributed by atoms with Crippen molar-refractivity contribution < 1.29 is 17.6 Å². The van der Waals surface area contributed by atoms with Gasteiger partial charge in [-0.1, -0.05) is 30.3 Å². The van der Waals surface area contributed by atoms with E-state index >= 15 is 0 Å². The van der Waals surface area contributed by atoms with E-state index in [1.807, 2.05) is 0 Å². The highest BCUT2D eigenvalue weighted by Gasteiger charge is 2.58. The molecule has 2 rings (SSSR count). The SMILES string of the molecule is NCc1ccc(C2(C(F)(F)F)C=C(F)C=CC2N)cc1. The highest BCUT2D eigenvalue weighted by atomic mass is 19.4. The summed E-state index contributed by atoms with van der Waals surface area (Å²) in [7, 11) is 0. The summed E-state index contributed by atoms with van der Waals surface area (Å²) in [5, 5.41) is 0. The summed E-state index contributed by atoms with van der Waals surface area (Å²) in [6.07, 6.45) is -2.20. The van der Waals surface area contributed by atoms with Crippen LogP contribution in [-0.4, -0.2) is 12.2 Å². The van der Waals surface area contributed by atoms with Gasteiger partial charge in [0, 0.05) is 12.6 Å². The summed E-state index contributed by atoms with van der Waals surface area (Å²) in [6, 6.07) is 4.17. The molecule has 0 heterocycles. The van der Waals surface area contributed by atoms with Crippen molar-refractivity contribution in [2.75, 3.05) is 0 Å². The standard InChI is InChI=1S/C14H14F4N2/c15-11-5-6-12(20)13(7-11,14(16,17)18)10-3-1-9(8-19)2-4-10/h1-7,12H,8,19-20H2. The van der Waals surface area contributed by atoms with E-state index in [1.165, 1.54) is 24.3 Å². The summed E-state index contributed by atoms with van der Waals surface area (Å²) >= 11 is 0. The number of benzene rings is 1. The lowest BCUT2D eigenvalue weighted by Gasteiger charge is -2.38. The summed E-state index contributed by atoms with van der Waals surface area (Å²) in [6.45, 7) is 0.218. The van der Waals surface area contributed by atoms with Gasteiger partial charge in [0.05, 0.1) is 0 Å². The first-order valence-corrected chi connectivity index (χ1v) is 5.99. The van der Waals surface area contributed by atoms with E-state index in [-0.39, 0.29) is 12.1 Å². The fourth-order valence-electron chi connectivity index (χ4n) is 2.34. The smallest absolute Gasteiger partial charge is 0.326 e. The molecule has 0 aliphatic heterocycles. The van der Waals surface area contributed by atoms with Gasteiger partial charge in [0.1, 0.15) is 11.2 Å². The molecular weight excluding hydrogens is 272 g/mol. The molecule has 0 fully saturated rings. The van der Waals surface area contributed by atoms with Crippen LogP contribution in [0.4, 0.5) is 17.6 Å². The van der Waals surface area contributed by atoms with Crippen molar-refractivity contribution in [1.29, 1.82) is 0 Å². The van der Waals surface area contributed by atoms with Gasteiger partial charge in [-0.05, 0) is 23.3 Å². The van der Waals surface area contributed by atoms with Gasteiger partial charge in [-0.15, -0.1) is 0 Å². The lowest BCUT2D eigenvalue weighted by Crippen LogP contribution is -2.54.